The summed E-state index contributed by atoms with van der Waals surface area (Å²) in [6, 6.07) is 6.51. The smallest absolute Gasteiger partial charge is 0.194 e. The number of piperidine rings is 1. The summed E-state index contributed by atoms with van der Waals surface area (Å²) in [6.07, 6.45) is 3.80. The van der Waals surface area contributed by atoms with Crippen LogP contribution in [0.1, 0.15) is 39.5 Å². The van der Waals surface area contributed by atoms with Crippen molar-refractivity contribution in [1.82, 2.24) is 10.2 Å². The van der Waals surface area contributed by atoms with Crippen molar-refractivity contribution in [3.63, 3.8) is 0 Å². The number of aliphatic imine (C=N–C) groups is 1. The fraction of sp³-hybridized carbons (Fsp3) is 0.682. The highest BCUT2D eigenvalue weighted by Gasteiger charge is 2.22. The van der Waals surface area contributed by atoms with Crippen molar-refractivity contribution in [3.8, 4) is 5.75 Å². The first kappa shape index (κ1) is 26.9. The number of methoxy groups -OCH3 is 1. The number of hydrogen-bond acceptors (Lipinski definition) is 4. The minimum atomic E-state index is -0.339. The van der Waals surface area contributed by atoms with Gasteiger partial charge in [-0.05, 0) is 44.7 Å². The molecule has 0 saturated carbocycles. The number of para-hydroxylation sites is 1. The first-order valence-corrected chi connectivity index (χ1v) is 10.7. The lowest BCUT2D eigenvalue weighted by Gasteiger charge is -2.34. The Hall–Kier alpha value is -1.13. The Morgan fingerprint density at radius 1 is 1.23 bits per heavy atom. The number of nitrogens with zero attached hydrogens (tertiary/aromatic N) is 2. The Labute approximate surface area is 197 Å². The molecule has 0 amide bonds. The molecule has 0 aromatic heterocycles. The van der Waals surface area contributed by atoms with Crippen LogP contribution in [0.5, 0.6) is 5.75 Å². The Morgan fingerprint density at radius 2 is 1.97 bits per heavy atom. The van der Waals surface area contributed by atoms with Crippen LogP contribution in [0.4, 0.5) is 4.39 Å². The fourth-order valence-corrected chi connectivity index (χ4v) is 3.27. The van der Waals surface area contributed by atoms with Gasteiger partial charge in [0.05, 0.1) is 12.6 Å². The second-order valence-electron chi connectivity index (χ2n) is 7.18. The SMILES string of the molecule is CCNC(=NCC(CC)Oc1ccccc1F)N1CCC(OCCCOC)CC1.I. The van der Waals surface area contributed by atoms with Gasteiger partial charge in [-0.25, -0.2) is 9.38 Å². The van der Waals surface area contributed by atoms with Crippen LogP contribution in [-0.4, -0.2) is 69.6 Å². The first-order valence-electron chi connectivity index (χ1n) is 10.7. The van der Waals surface area contributed by atoms with Gasteiger partial charge in [0, 0.05) is 40.0 Å². The molecule has 30 heavy (non-hydrogen) atoms. The number of halogens is 2. The first-order chi connectivity index (χ1) is 14.2. The largest absolute Gasteiger partial charge is 0.485 e. The van der Waals surface area contributed by atoms with Crippen molar-refractivity contribution in [2.45, 2.75) is 51.7 Å². The summed E-state index contributed by atoms with van der Waals surface area (Å²) in [5.74, 6) is 0.835. The fourth-order valence-electron chi connectivity index (χ4n) is 3.27. The molecule has 1 aliphatic rings. The van der Waals surface area contributed by atoms with E-state index in [0.29, 0.717) is 12.6 Å². The van der Waals surface area contributed by atoms with E-state index in [-0.39, 0.29) is 41.6 Å². The quantitative estimate of drug-likeness (QED) is 0.200. The molecule has 1 unspecified atom stereocenters. The summed E-state index contributed by atoms with van der Waals surface area (Å²) >= 11 is 0. The molecule has 1 aromatic rings. The highest BCUT2D eigenvalue weighted by Crippen LogP contribution is 2.18. The molecular weight excluding hydrogens is 500 g/mol. The Kier molecular flexibility index (Phi) is 14.0. The van der Waals surface area contributed by atoms with Gasteiger partial charge in [-0.3, -0.25) is 0 Å². The summed E-state index contributed by atoms with van der Waals surface area (Å²) in [6.45, 7) is 8.69. The molecule has 0 aliphatic carbocycles. The third kappa shape index (κ3) is 9.34. The van der Waals surface area contributed by atoms with Crippen LogP contribution in [0.15, 0.2) is 29.3 Å². The molecule has 1 aromatic carbocycles. The average Bonchev–Trinajstić information content (AvgIpc) is 2.75. The van der Waals surface area contributed by atoms with E-state index in [2.05, 4.69) is 17.1 Å². The highest BCUT2D eigenvalue weighted by atomic mass is 127. The molecular formula is C22H37FIN3O3. The molecule has 0 radical (unpaired) electrons. The summed E-state index contributed by atoms with van der Waals surface area (Å²) in [7, 11) is 1.71. The minimum absolute atomic E-state index is 0. The van der Waals surface area contributed by atoms with E-state index in [4.69, 9.17) is 19.2 Å². The molecule has 1 heterocycles. The number of ether oxygens (including phenoxy) is 3. The standard InChI is InChI=1S/C22H36FN3O3.HI/c1-4-18(29-21-10-7-6-9-20(21)23)17-25-22(24-5-2)26-13-11-19(12-14-26)28-16-8-15-27-3;/h6-7,9-10,18-19H,4-5,8,11-17H2,1-3H3,(H,24,25);1H. The van der Waals surface area contributed by atoms with E-state index in [9.17, 15) is 4.39 Å². The Balaban J connectivity index is 0.00000450. The maximum Gasteiger partial charge on any atom is 0.194 e. The maximum atomic E-state index is 13.9. The van der Waals surface area contributed by atoms with Gasteiger partial charge >= 0.3 is 0 Å². The van der Waals surface area contributed by atoms with Crippen molar-refractivity contribution in [2.75, 3.05) is 46.5 Å². The van der Waals surface area contributed by atoms with Crippen molar-refractivity contribution in [2.24, 2.45) is 4.99 Å². The number of rotatable bonds is 11. The van der Waals surface area contributed by atoms with Crippen molar-refractivity contribution >= 4 is 29.9 Å². The average molecular weight is 537 g/mol. The van der Waals surface area contributed by atoms with E-state index in [0.717, 1.165) is 64.5 Å². The highest BCUT2D eigenvalue weighted by molar-refractivity contribution is 14.0. The number of likely N-dealkylation sites (tertiary alicyclic amines) is 1. The van der Waals surface area contributed by atoms with Crippen molar-refractivity contribution < 1.29 is 18.6 Å². The van der Waals surface area contributed by atoms with Gasteiger partial charge in [0.2, 0.25) is 0 Å². The zero-order valence-corrected chi connectivity index (χ0v) is 20.8. The molecule has 172 valence electrons. The van der Waals surface area contributed by atoms with Crippen LogP contribution >= 0.6 is 24.0 Å². The number of benzene rings is 1. The molecule has 0 bridgehead atoms. The van der Waals surface area contributed by atoms with Gasteiger partial charge in [0.15, 0.2) is 17.5 Å². The van der Waals surface area contributed by atoms with E-state index in [1.165, 1.54) is 6.07 Å². The van der Waals surface area contributed by atoms with Crippen LogP contribution in [0, 0.1) is 5.82 Å². The molecule has 6 nitrogen and oxygen atoms in total. The zero-order chi connectivity index (χ0) is 20.9. The monoisotopic (exact) mass is 537 g/mol. The van der Waals surface area contributed by atoms with Crippen molar-refractivity contribution in [3.05, 3.63) is 30.1 Å². The normalized spacial score (nSPS) is 16.1. The Morgan fingerprint density at radius 3 is 2.60 bits per heavy atom. The lowest BCUT2D eigenvalue weighted by Crippen LogP contribution is -2.47. The lowest BCUT2D eigenvalue weighted by molar-refractivity contribution is 0.00987. The van der Waals surface area contributed by atoms with Crippen LogP contribution in [0.2, 0.25) is 0 Å². The predicted octanol–water partition coefficient (Wildman–Crippen LogP) is 4.08. The lowest BCUT2D eigenvalue weighted by atomic mass is 10.1. The zero-order valence-electron chi connectivity index (χ0n) is 18.4. The van der Waals surface area contributed by atoms with Crippen LogP contribution in [0.25, 0.3) is 0 Å². The summed E-state index contributed by atoms with van der Waals surface area (Å²) in [4.78, 5) is 7.04. The second kappa shape index (κ2) is 15.6. The molecule has 1 aliphatic heterocycles. The predicted molar refractivity (Wildman–Crippen MR) is 130 cm³/mol. The van der Waals surface area contributed by atoms with Gasteiger partial charge in [0.25, 0.3) is 0 Å². The molecule has 1 saturated heterocycles. The van der Waals surface area contributed by atoms with E-state index >= 15 is 0 Å². The number of hydrogen-bond donors (Lipinski definition) is 1. The number of nitrogens with one attached hydrogen (secondary N) is 1. The van der Waals surface area contributed by atoms with E-state index < -0.39 is 0 Å². The molecule has 1 fully saturated rings. The maximum absolute atomic E-state index is 13.9. The topological polar surface area (TPSA) is 55.3 Å². The van der Waals surface area contributed by atoms with Gasteiger partial charge in [-0.2, -0.15) is 0 Å². The van der Waals surface area contributed by atoms with Crippen molar-refractivity contribution in [1.29, 1.82) is 0 Å². The molecule has 1 atom stereocenters. The summed E-state index contributed by atoms with van der Waals surface area (Å²) in [5, 5.41) is 3.37. The van der Waals surface area contributed by atoms with Crippen LogP contribution < -0.4 is 10.1 Å². The molecule has 0 spiro atoms. The van der Waals surface area contributed by atoms with Gasteiger partial charge in [0.1, 0.15) is 6.10 Å². The second-order valence-corrected chi connectivity index (χ2v) is 7.18. The third-order valence-corrected chi connectivity index (χ3v) is 4.95. The third-order valence-electron chi connectivity index (χ3n) is 4.95. The van der Waals surface area contributed by atoms with Gasteiger partial charge in [-0.1, -0.05) is 19.1 Å². The number of guanidine groups is 1. The van der Waals surface area contributed by atoms with Crippen LogP contribution in [0.3, 0.4) is 0 Å². The molecule has 8 heteroatoms. The van der Waals surface area contributed by atoms with Crippen LogP contribution in [-0.2, 0) is 9.47 Å². The van der Waals surface area contributed by atoms with E-state index in [1.54, 1.807) is 25.3 Å². The summed E-state index contributed by atoms with van der Waals surface area (Å²) < 4.78 is 30.7. The van der Waals surface area contributed by atoms with Gasteiger partial charge < -0.3 is 24.4 Å². The summed E-state index contributed by atoms with van der Waals surface area (Å²) in [5.41, 5.74) is 0. The molecule has 2 rings (SSSR count). The minimum Gasteiger partial charge on any atom is -0.485 e. The van der Waals surface area contributed by atoms with E-state index in [1.807, 2.05) is 6.92 Å². The Bertz CT molecular complexity index is 613. The molecule has 1 N–H and O–H groups in total. The van der Waals surface area contributed by atoms with Gasteiger partial charge in [-0.15, -0.1) is 24.0 Å².